The minimum atomic E-state index is -0.340. The van der Waals surface area contributed by atoms with Gasteiger partial charge in [0, 0.05) is 22.1 Å². The van der Waals surface area contributed by atoms with Crippen LogP contribution in [0, 0.1) is 6.92 Å². The molecule has 0 spiro atoms. The number of carbonyl (C=O) groups excluding carboxylic acids is 1. The van der Waals surface area contributed by atoms with Crippen LogP contribution >= 0.6 is 22.9 Å². The van der Waals surface area contributed by atoms with E-state index in [1.165, 1.54) is 11.3 Å². The van der Waals surface area contributed by atoms with Crippen LogP contribution in [0.4, 0.5) is 5.13 Å². The number of halogens is 1. The number of rotatable bonds is 3. The van der Waals surface area contributed by atoms with E-state index < -0.39 is 0 Å². The summed E-state index contributed by atoms with van der Waals surface area (Å²) in [5.74, 6) is -0.107. The van der Waals surface area contributed by atoms with E-state index in [-0.39, 0.29) is 12.0 Å². The normalized spacial score (nSPS) is 17.9. The highest BCUT2D eigenvalue weighted by atomic mass is 35.5. The van der Waals surface area contributed by atoms with Crippen LogP contribution in [-0.2, 0) is 9.53 Å². The molecule has 0 saturated carbocycles. The second-order valence-corrected chi connectivity index (χ2v) is 6.56. The minimum absolute atomic E-state index is 0.107. The Labute approximate surface area is 132 Å². The van der Waals surface area contributed by atoms with Gasteiger partial charge in [0.1, 0.15) is 6.10 Å². The Kier molecular flexibility index (Phi) is 4.24. The summed E-state index contributed by atoms with van der Waals surface area (Å²) in [6, 6.07) is 7.52. The molecule has 3 rings (SSSR count). The largest absolute Gasteiger partial charge is 0.368 e. The fourth-order valence-corrected chi connectivity index (χ4v) is 3.26. The molecule has 1 atom stereocenters. The maximum absolute atomic E-state index is 12.0. The summed E-state index contributed by atoms with van der Waals surface area (Å²) in [6.07, 6.45) is 1.37. The van der Waals surface area contributed by atoms with Gasteiger partial charge in [-0.15, -0.1) is 11.3 Å². The molecule has 110 valence electrons. The molecule has 2 aromatic rings. The number of thiazole rings is 1. The van der Waals surface area contributed by atoms with Gasteiger partial charge in [0.15, 0.2) is 5.13 Å². The molecule has 1 fully saturated rings. The quantitative estimate of drug-likeness (QED) is 0.932. The first-order valence-corrected chi connectivity index (χ1v) is 7.99. The molecule has 1 aromatic carbocycles. The van der Waals surface area contributed by atoms with Crippen molar-refractivity contribution >= 4 is 34.0 Å². The topological polar surface area (TPSA) is 51.2 Å². The second-order valence-electron chi connectivity index (χ2n) is 4.92. The highest BCUT2D eigenvalue weighted by Crippen LogP contribution is 2.31. The van der Waals surface area contributed by atoms with E-state index in [2.05, 4.69) is 10.3 Å². The van der Waals surface area contributed by atoms with Gasteiger partial charge in [-0.2, -0.15) is 0 Å². The van der Waals surface area contributed by atoms with Crippen LogP contribution in [0.1, 0.15) is 17.7 Å². The molecule has 1 amide bonds. The highest BCUT2D eigenvalue weighted by molar-refractivity contribution is 7.16. The van der Waals surface area contributed by atoms with E-state index in [0.29, 0.717) is 16.8 Å². The van der Waals surface area contributed by atoms with Gasteiger partial charge in [0.25, 0.3) is 5.91 Å². The van der Waals surface area contributed by atoms with E-state index in [4.69, 9.17) is 16.3 Å². The number of benzene rings is 1. The number of ether oxygens (including phenoxy) is 1. The van der Waals surface area contributed by atoms with Crippen LogP contribution in [0.15, 0.2) is 24.3 Å². The van der Waals surface area contributed by atoms with E-state index >= 15 is 0 Å². The summed E-state index contributed by atoms with van der Waals surface area (Å²) in [4.78, 5) is 17.6. The number of carbonyl (C=O) groups is 1. The van der Waals surface area contributed by atoms with Crippen molar-refractivity contribution in [2.75, 3.05) is 11.9 Å². The maximum Gasteiger partial charge on any atom is 0.255 e. The molecule has 1 aromatic heterocycles. The Morgan fingerprint density at radius 1 is 1.43 bits per heavy atom. The third kappa shape index (κ3) is 3.26. The number of nitrogens with one attached hydrogen (secondary N) is 1. The van der Waals surface area contributed by atoms with Crippen molar-refractivity contribution in [2.45, 2.75) is 25.9 Å². The zero-order valence-electron chi connectivity index (χ0n) is 11.6. The van der Waals surface area contributed by atoms with Crippen molar-refractivity contribution in [1.82, 2.24) is 4.98 Å². The third-order valence-corrected chi connectivity index (χ3v) is 4.50. The monoisotopic (exact) mass is 322 g/mol. The van der Waals surface area contributed by atoms with Gasteiger partial charge in [0.05, 0.1) is 5.69 Å². The van der Waals surface area contributed by atoms with Crippen LogP contribution in [0.2, 0.25) is 5.02 Å². The van der Waals surface area contributed by atoms with Crippen LogP contribution in [0.5, 0.6) is 0 Å². The number of anilines is 1. The molecule has 6 heteroatoms. The summed E-state index contributed by atoms with van der Waals surface area (Å²) in [7, 11) is 0. The zero-order valence-corrected chi connectivity index (χ0v) is 13.1. The molecule has 1 aliphatic heterocycles. The van der Waals surface area contributed by atoms with Crippen LogP contribution < -0.4 is 5.32 Å². The maximum atomic E-state index is 12.0. The second kappa shape index (κ2) is 6.13. The molecule has 21 heavy (non-hydrogen) atoms. The molecule has 1 saturated heterocycles. The third-order valence-electron chi connectivity index (χ3n) is 3.37. The number of aromatic nitrogens is 1. The lowest BCUT2D eigenvalue weighted by atomic mass is 10.1. The molecule has 0 bridgehead atoms. The van der Waals surface area contributed by atoms with Crippen molar-refractivity contribution in [3.8, 4) is 11.3 Å². The predicted octanol–water partition coefficient (Wildman–Crippen LogP) is 3.89. The van der Waals surface area contributed by atoms with Gasteiger partial charge in [-0.3, -0.25) is 10.1 Å². The predicted molar refractivity (Wildman–Crippen MR) is 84.9 cm³/mol. The van der Waals surface area contributed by atoms with Crippen LogP contribution in [0.25, 0.3) is 11.3 Å². The summed E-state index contributed by atoms with van der Waals surface area (Å²) >= 11 is 7.37. The summed E-state index contributed by atoms with van der Waals surface area (Å²) < 4.78 is 5.37. The Morgan fingerprint density at radius 3 is 2.86 bits per heavy atom. The summed E-state index contributed by atoms with van der Waals surface area (Å²) in [5.41, 5.74) is 1.87. The average molecular weight is 323 g/mol. The number of hydrogen-bond donors (Lipinski definition) is 1. The van der Waals surface area contributed by atoms with E-state index in [1.54, 1.807) is 0 Å². The lowest BCUT2D eigenvalue weighted by Gasteiger charge is -2.07. The van der Waals surface area contributed by atoms with Gasteiger partial charge in [-0.1, -0.05) is 23.7 Å². The Balaban J connectivity index is 1.77. The molecular weight excluding hydrogens is 308 g/mol. The lowest BCUT2D eigenvalue weighted by Crippen LogP contribution is -2.26. The smallest absolute Gasteiger partial charge is 0.255 e. The van der Waals surface area contributed by atoms with E-state index in [9.17, 15) is 4.79 Å². The number of aryl methyl sites for hydroxylation is 1. The van der Waals surface area contributed by atoms with Crippen molar-refractivity contribution in [2.24, 2.45) is 0 Å². The molecular formula is C15H15ClN2O2S. The number of nitrogens with zero attached hydrogens (tertiary/aromatic N) is 1. The minimum Gasteiger partial charge on any atom is -0.368 e. The molecule has 0 aliphatic carbocycles. The van der Waals surface area contributed by atoms with E-state index in [0.717, 1.165) is 29.0 Å². The van der Waals surface area contributed by atoms with Crippen molar-refractivity contribution < 1.29 is 9.53 Å². The SMILES string of the molecule is Cc1sc(NC(=O)[C@H]2CCCO2)nc1-c1ccc(Cl)cc1. The molecule has 1 N–H and O–H groups in total. The molecule has 1 aliphatic rings. The van der Waals surface area contributed by atoms with Crippen LogP contribution in [0.3, 0.4) is 0 Å². The highest BCUT2D eigenvalue weighted by Gasteiger charge is 2.24. The molecule has 0 radical (unpaired) electrons. The van der Waals surface area contributed by atoms with Crippen LogP contribution in [-0.4, -0.2) is 23.6 Å². The summed E-state index contributed by atoms with van der Waals surface area (Å²) in [5, 5.41) is 4.15. The van der Waals surface area contributed by atoms with E-state index in [1.807, 2.05) is 31.2 Å². The Hall–Kier alpha value is -1.43. The van der Waals surface area contributed by atoms with Gasteiger partial charge in [-0.05, 0) is 31.9 Å². The van der Waals surface area contributed by atoms with Gasteiger partial charge < -0.3 is 4.74 Å². The van der Waals surface area contributed by atoms with Gasteiger partial charge >= 0.3 is 0 Å². The zero-order chi connectivity index (χ0) is 14.8. The first-order valence-electron chi connectivity index (χ1n) is 6.79. The fraction of sp³-hybridized carbons (Fsp3) is 0.333. The first kappa shape index (κ1) is 14.5. The standard InChI is InChI=1S/C15H15ClN2O2S/c1-9-13(10-4-6-11(16)7-5-10)17-15(21-9)18-14(19)12-3-2-8-20-12/h4-7,12H,2-3,8H2,1H3,(H,17,18,19)/t12-/m1/s1. The lowest BCUT2D eigenvalue weighted by molar-refractivity contribution is -0.124. The van der Waals surface area contributed by atoms with Crippen molar-refractivity contribution in [3.05, 3.63) is 34.2 Å². The molecule has 4 nitrogen and oxygen atoms in total. The summed E-state index contributed by atoms with van der Waals surface area (Å²) in [6.45, 7) is 2.65. The van der Waals surface area contributed by atoms with Crippen molar-refractivity contribution in [3.63, 3.8) is 0 Å². The van der Waals surface area contributed by atoms with Crippen molar-refractivity contribution in [1.29, 1.82) is 0 Å². The number of amides is 1. The van der Waals surface area contributed by atoms with Gasteiger partial charge in [0.2, 0.25) is 0 Å². The number of hydrogen-bond acceptors (Lipinski definition) is 4. The van der Waals surface area contributed by atoms with Gasteiger partial charge in [-0.25, -0.2) is 4.98 Å². The Morgan fingerprint density at radius 2 is 2.19 bits per heavy atom. The molecule has 0 unspecified atom stereocenters. The average Bonchev–Trinajstić information content (AvgIpc) is 3.10. The molecule has 2 heterocycles. The Bertz CT molecular complexity index is 648. The fourth-order valence-electron chi connectivity index (χ4n) is 2.30. The first-order chi connectivity index (χ1) is 10.1.